The van der Waals surface area contributed by atoms with Gasteiger partial charge in [0.25, 0.3) is 0 Å². The molecule has 0 aliphatic carbocycles. The molecule has 0 aromatic rings. The first-order chi connectivity index (χ1) is 13.1. The van der Waals surface area contributed by atoms with Gasteiger partial charge in [0.15, 0.2) is 0 Å². The minimum Gasteiger partial charge on any atom is -0.480 e. The molecule has 162 valence electrons. The Bertz CT molecular complexity index is 550. The van der Waals surface area contributed by atoms with Crippen LogP contribution in [0.15, 0.2) is 0 Å². The summed E-state index contributed by atoms with van der Waals surface area (Å²) in [6.45, 7) is 5.09. The van der Waals surface area contributed by atoms with Crippen LogP contribution < -0.4 is 21.7 Å². The quantitative estimate of drug-likeness (QED) is 0.215. The maximum absolute atomic E-state index is 12.6. The standard InChI is InChI=1S/C17H32N4O5S2/c1-5-9(2)13(18)16(24)20-11(6-7-28-4)14(22)21-12(8-27)15(23)19-10(3)17(25)26/h9-13,27H,5-8,18H2,1-4H3,(H,19,23)(H,20,24)(H,21,22)(H,25,26). The van der Waals surface area contributed by atoms with E-state index in [2.05, 4.69) is 28.6 Å². The number of thioether (sulfide) groups is 1. The largest absolute Gasteiger partial charge is 0.480 e. The third kappa shape index (κ3) is 9.16. The molecule has 0 radical (unpaired) electrons. The molecule has 28 heavy (non-hydrogen) atoms. The Morgan fingerprint density at radius 2 is 1.57 bits per heavy atom. The molecule has 0 heterocycles. The van der Waals surface area contributed by atoms with Gasteiger partial charge in [0.2, 0.25) is 17.7 Å². The van der Waals surface area contributed by atoms with Crippen LogP contribution in [0.25, 0.3) is 0 Å². The van der Waals surface area contributed by atoms with E-state index in [0.29, 0.717) is 12.2 Å². The zero-order valence-corrected chi connectivity index (χ0v) is 18.4. The van der Waals surface area contributed by atoms with Crippen LogP contribution in [0.3, 0.4) is 0 Å². The first-order valence-corrected chi connectivity index (χ1v) is 11.1. The molecule has 5 unspecified atom stereocenters. The number of hydrogen-bond donors (Lipinski definition) is 6. The molecule has 0 aromatic carbocycles. The fourth-order valence-corrected chi connectivity index (χ4v) is 2.86. The van der Waals surface area contributed by atoms with Crippen molar-refractivity contribution in [3.05, 3.63) is 0 Å². The van der Waals surface area contributed by atoms with Crippen molar-refractivity contribution >= 4 is 48.1 Å². The van der Waals surface area contributed by atoms with Crippen LogP contribution in [0.1, 0.15) is 33.6 Å². The van der Waals surface area contributed by atoms with Crippen LogP contribution in [-0.4, -0.2) is 70.7 Å². The fourth-order valence-electron chi connectivity index (χ4n) is 2.13. The van der Waals surface area contributed by atoms with Gasteiger partial charge < -0.3 is 26.8 Å². The van der Waals surface area contributed by atoms with Crippen molar-refractivity contribution in [1.29, 1.82) is 0 Å². The summed E-state index contributed by atoms with van der Waals surface area (Å²) in [6.07, 6.45) is 2.96. The van der Waals surface area contributed by atoms with E-state index < -0.39 is 47.9 Å². The number of carbonyl (C=O) groups excluding carboxylic acids is 3. The van der Waals surface area contributed by atoms with Gasteiger partial charge in [0.05, 0.1) is 6.04 Å². The summed E-state index contributed by atoms with van der Waals surface area (Å²) < 4.78 is 0. The first kappa shape index (κ1) is 26.5. The normalized spacial score (nSPS) is 16.2. The maximum Gasteiger partial charge on any atom is 0.325 e. The Balaban J connectivity index is 5.09. The van der Waals surface area contributed by atoms with E-state index in [9.17, 15) is 19.2 Å². The van der Waals surface area contributed by atoms with Crippen LogP contribution in [0.2, 0.25) is 0 Å². The van der Waals surface area contributed by atoms with Gasteiger partial charge in [0, 0.05) is 5.75 Å². The third-order valence-corrected chi connectivity index (χ3v) is 5.36. The number of carboxylic acid groups (broad SMARTS) is 1. The summed E-state index contributed by atoms with van der Waals surface area (Å²) in [6, 6.07) is -3.74. The van der Waals surface area contributed by atoms with Crippen molar-refractivity contribution in [2.24, 2.45) is 11.7 Å². The molecule has 0 saturated carbocycles. The molecule has 11 heteroatoms. The summed E-state index contributed by atoms with van der Waals surface area (Å²) >= 11 is 5.56. The topological polar surface area (TPSA) is 151 Å². The van der Waals surface area contributed by atoms with Crippen molar-refractivity contribution in [3.8, 4) is 0 Å². The molecule has 0 aromatic heterocycles. The molecular weight excluding hydrogens is 404 g/mol. The molecule has 0 rings (SSSR count). The Labute approximate surface area is 175 Å². The number of thiol groups is 1. The highest BCUT2D eigenvalue weighted by molar-refractivity contribution is 7.98. The lowest BCUT2D eigenvalue weighted by Gasteiger charge is -2.25. The van der Waals surface area contributed by atoms with Crippen LogP contribution >= 0.6 is 24.4 Å². The summed E-state index contributed by atoms with van der Waals surface area (Å²) in [5.74, 6) is -2.29. The van der Waals surface area contributed by atoms with Crippen molar-refractivity contribution in [2.45, 2.75) is 57.8 Å². The second kappa shape index (κ2) is 13.7. The van der Waals surface area contributed by atoms with E-state index in [1.165, 1.54) is 18.7 Å². The molecular formula is C17H32N4O5S2. The minimum absolute atomic E-state index is 0.0283. The number of aliphatic carboxylic acids is 1. The van der Waals surface area contributed by atoms with E-state index >= 15 is 0 Å². The Hall–Kier alpha value is -1.46. The van der Waals surface area contributed by atoms with Gasteiger partial charge in [0.1, 0.15) is 18.1 Å². The number of nitrogens with two attached hydrogens (primary N) is 1. The lowest BCUT2D eigenvalue weighted by Crippen LogP contribution is -2.58. The van der Waals surface area contributed by atoms with Gasteiger partial charge in [-0.15, -0.1) is 0 Å². The predicted molar refractivity (Wildman–Crippen MR) is 113 cm³/mol. The van der Waals surface area contributed by atoms with Gasteiger partial charge in [-0.3, -0.25) is 19.2 Å². The second-order valence-corrected chi connectivity index (χ2v) is 7.92. The number of nitrogens with one attached hydrogen (secondary N) is 3. The van der Waals surface area contributed by atoms with E-state index in [4.69, 9.17) is 10.8 Å². The first-order valence-electron chi connectivity index (χ1n) is 9.08. The highest BCUT2D eigenvalue weighted by Crippen LogP contribution is 2.07. The Morgan fingerprint density at radius 3 is 2.04 bits per heavy atom. The molecule has 6 N–H and O–H groups in total. The van der Waals surface area contributed by atoms with Crippen molar-refractivity contribution in [3.63, 3.8) is 0 Å². The number of carbonyl (C=O) groups is 4. The molecule has 0 saturated heterocycles. The van der Waals surface area contributed by atoms with Gasteiger partial charge in [-0.25, -0.2) is 0 Å². The summed E-state index contributed by atoms with van der Waals surface area (Å²) in [7, 11) is 0. The zero-order chi connectivity index (χ0) is 21.9. The predicted octanol–water partition coefficient (Wildman–Crippen LogP) is -0.398. The van der Waals surface area contributed by atoms with Gasteiger partial charge >= 0.3 is 5.97 Å². The molecule has 0 aliphatic heterocycles. The molecule has 3 amide bonds. The summed E-state index contributed by atoms with van der Waals surface area (Å²) in [5.41, 5.74) is 5.93. The lowest BCUT2D eigenvalue weighted by atomic mass is 9.99. The van der Waals surface area contributed by atoms with E-state index in [1.807, 2.05) is 20.1 Å². The number of rotatable bonds is 13. The second-order valence-electron chi connectivity index (χ2n) is 6.57. The van der Waals surface area contributed by atoms with E-state index in [1.54, 1.807) is 0 Å². The molecule has 5 atom stereocenters. The highest BCUT2D eigenvalue weighted by atomic mass is 32.2. The number of hydrogen-bond acceptors (Lipinski definition) is 7. The zero-order valence-electron chi connectivity index (χ0n) is 16.7. The van der Waals surface area contributed by atoms with Gasteiger partial charge in [-0.2, -0.15) is 24.4 Å². The number of amides is 3. The molecule has 0 bridgehead atoms. The smallest absolute Gasteiger partial charge is 0.325 e. The Morgan fingerprint density at radius 1 is 1.04 bits per heavy atom. The monoisotopic (exact) mass is 436 g/mol. The SMILES string of the molecule is CCC(C)C(N)C(=O)NC(CCSC)C(=O)NC(CS)C(=O)NC(C)C(=O)O. The van der Waals surface area contributed by atoms with Crippen molar-refractivity contribution in [2.75, 3.05) is 17.8 Å². The Kier molecular flexibility index (Phi) is 13.0. The summed E-state index contributed by atoms with van der Waals surface area (Å²) in [5, 5.41) is 16.3. The minimum atomic E-state index is -1.19. The van der Waals surface area contributed by atoms with Gasteiger partial charge in [-0.05, 0) is 31.3 Å². The van der Waals surface area contributed by atoms with Crippen LogP contribution in [0, 0.1) is 5.92 Å². The van der Waals surface area contributed by atoms with Crippen LogP contribution in [-0.2, 0) is 19.2 Å². The maximum atomic E-state index is 12.6. The van der Waals surface area contributed by atoms with Crippen molar-refractivity contribution in [1.82, 2.24) is 16.0 Å². The van der Waals surface area contributed by atoms with E-state index in [0.717, 1.165) is 6.42 Å². The van der Waals surface area contributed by atoms with Crippen LogP contribution in [0.4, 0.5) is 0 Å². The molecule has 9 nitrogen and oxygen atoms in total. The van der Waals surface area contributed by atoms with Crippen LogP contribution in [0.5, 0.6) is 0 Å². The molecule has 0 fully saturated rings. The van der Waals surface area contributed by atoms with Gasteiger partial charge in [-0.1, -0.05) is 20.3 Å². The lowest BCUT2D eigenvalue weighted by molar-refractivity contribution is -0.141. The highest BCUT2D eigenvalue weighted by Gasteiger charge is 2.29. The number of carboxylic acids is 1. The third-order valence-electron chi connectivity index (χ3n) is 4.35. The summed E-state index contributed by atoms with van der Waals surface area (Å²) in [4.78, 5) is 48.0. The molecule has 0 spiro atoms. The average molecular weight is 437 g/mol. The van der Waals surface area contributed by atoms with Crippen molar-refractivity contribution < 1.29 is 24.3 Å². The van der Waals surface area contributed by atoms with E-state index in [-0.39, 0.29) is 11.7 Å². The fraction of sp³-hybridized carbons (Fsp3) is 0.765. The average Bonchev–Trinajstić information content (AvgIpc) is 2.66. The molecule has 0 aliphatic rings.